The Morgan fingerprint density at radius 1 is 1.09 bits per heavy atom. The molecule has 1 aliphatic heterocycles. The maximum atomic E-state index is 6.44. The highest BCUT2D eigenvalue weighted by Gasteiger charge is 2.53. The van der Waals surface area contributed by atoms with E-state index in [0.717, 1.165) is 12.1 Å². The van der Waals surface area contributed by atoms with Crippen LogP contribution in [0.5, 0.6) is 0 Å². The van der Waals surface area contributed by atoms with Crippen LogP contribution >= 0.6 is 23.2 Å². The van der Waals surface area contributed by atoms with Gasteiger partial charge < -0.3 is 5.73 Å². The standard InChI is InChI=1S/C18H18Cl2N2/c19-15-7-6-13-14(17(15)20)11-22(16(13)10-21)18(8-9-18)12-4-2-1-3-5-12/h1-7,16H,8-11,21H2. The van der Waals surface area contributed by atoms with Gasteiger partial charge in [-0.3, -0.25) is 4.90 Å². The summed E-state index contributed by atoms with van der Waals surface area (Å²) in [4.78, 5) is 2.52. The number of benzene rings is 2. The quantitative estimate of drug-likeness (QED) is 0.896. The van der Waals surface area contributed by atoms with Crippen molar-refractivity contribution in [2.45, 2.75) is 31.0 Å². The van der Waals surface area contributed by atoms with E-state index in [1.165, 1.54) is 24.0 Å². The number of hydrogen-bond acceptors (Lipinski definition) is 2. The van der Waals surface area contributed by atoms with Gasteiger partial charge in [-0.15, -0.1) is 0 Å². The second-order valence-corrected chi connectivity index (χ2v) is 6.99. The number of rotatable bonds is 3. The van der Waals surface area contributed by atoms with Crippen molar-refractivity contribution in [1.29, 1.82) is 0 Å². The molecule has 4 rings (SSSR count). The van der Waals surface area contributed by atoms with Crippen molar-refractivity contribution in [3.8, 4) is 0 Å². The minimum atomic E-state index is 0.111. The number of hydrogen-bond donors (Lipinski definition) is 1. The number of halogens is 2. The Morgan fingerprint density at radius 3 is 2.45 bits per heavy atom. The Bertz CT molecular complexity index is 711. The summed E-state index contributed by atoms with van der Waals surface area (Å²) >= 11 is 12.6. The number of nitrogens with zero attached hydrogens (tertiary/aromatic N) is 1. The molecule has 0 amide bonds. The lowest BCUT2D eigenvalue weighted by Crippen LogP contribution is -2.37. The molecule has 1 heterocycles. The van der Waals surface area contributed by atoms with Crippen LogP contribution in [-0.2, 0) is 12.1 Å². The van der Waals surface area contributed by atoms with E-state index in [1.54, 1.807) is 0 Å². The molecule has 22 heavy (non-hydrogen) atoms. The third-order valence-electron chi connectivity index (χ3n) is 5.10. The van der Waals surface area contributed by atoms with Crippen molar-refractivity contribution in [3.63, 3.8) is 0 Å². The molecule has 0 saturated heterocycles. The van der Waals surface area contributed by atoms with Crippen LogP contribution in [-0.4, -0.2) is 11.4 Å². The predicted molar refractivity (Wildman–Crippen MR) is 91.2 cm³/mol. The van der Waals surface area contributed by atoms with E-state index in [-0.39, 0.29) is 11.6 Å². The maximum Gasteiger partial charge on any atom is 0.0640 e. The first-order valence-corrected chi connectivity index (χ1v) is 8.42. The molecule has 0 bridgehead atoms. The highest BCUT2D eigenvalue weighted by atomic mass is 35.5. The summed E-state index contributed by atoms with van der Waals surface area (Å²) in [7, 11) is 0. The molecule has 2 aliphatic rings. The summed E-state index contributed by atoms with van der Waals surface area (Å²) < 4.78 is 0. The van der Waals surface area contributed by atoms with Gasteiger partial charge in [0.1, 0.15) is 0 Å². The van der Waals surface area contributed by atoms with Crippen molar-refractivity contribution in [2.24, 2.45) is 5.73 Å². The molecule has 1 atom stereocenters. The van der Waals surface area contributed by atoms with Crippen molar-refractivity contribution in [3.05, 3.63) is 69.2 Å². The second-order valence-electron chi connectivity index (χ2n) is 6.21. The molecule has 0 spiro atoms. The van der Waals surface area contributed by atoms with Crippen molar-refractivity contribution in [2.75, 3.05) is 6.54 Å². The Kier molecular flexibility index (Phi) is 3.46. The predicted octanol–water partition coefficient (Wildman–Crippen LogP) is 4.50. The largest absolute Gasteiger partial charge is 0.329 e. The van der Waals surface area contributed by atoms with Gasteiger partial charge in [-0.2, -0.15) is 0 Å². The molecule has 4 heteroatoms. The molecule has 2 aromatic carbocycles. The Labute approximate surface area is 140 Å². The molecular formula is C18H18Cl2N2. The first-order valence-electron chi connectivity index (χ1n) is 7.66. The zero-order valence-corrected chi connectivity index (χ0v) is 13.7. The van der Waals surface area contributed by atoms with Gasteiger partial charge in [-0.1, -0.05) is 59.6 Å². The highest BCUT2D eigenvalue weighted by molar-refractivity contribution is 6.42. The Hall–Kier alpha value is -1.06. The van der Waals surface area contributed by atoms with Gasteiger partial charge in [-0.25, -0.2) is 0 Å². The molecule has 1 fully saturated rings. The fourth-order valence-electron chi connectivity index (χ4n) is 3.84. The van der Waals surface area contributed by atoms with Crippen LogP contribution in [0.1, 0.15) is 35.6 Å². The number of fused-ring (bicyclic) bond motifs is 1. The van der Waals surface area contributed by atoms with Crippen LogP contribution in [0.3, 0.4) is 0 Å². The van der Waals surface area contributed by atoms with Crippen LogP contribution < -0.4 is 5.73 Å². The second kappa shape index (κ2) is 5.24. The fourth-order valence-corrected chi connectivity index (χ4v) is 4.25. The van der Waals surface area contributed by atoms with E-state index in [4.69, 9.17) is 28.9 Å². The van der Waals surface area contributed by atoms with Crippen LogP contribution in [0.25, 0.3) is 0 Å². The lowest BCUT2D eigenvalue weighted by Gasteiger charge is -2.33. The zero-order chi connectivity index (χ0) is 15.3. The average Bonchev–Trinajstić information content (AvgIpc) is 3.27. The molecule has 0 radical (unpaired) electrons. The van der Waals surface area contributed by atoms with Gasteiger partial charge in [0.05, 0.1) is 10.0 Å². The summed E-state index contributed by atoms with van der Waals surface area (Å²) in [6.07, 6.45) is 2.35. The van der Waals surface area contributed by atoms with E-state index >= 15 is 0 Å². The van der Waals surface area contributed by atoms with E-state index < -0.39 is 0 Å². The minimum absolute atomic E-state index is 0.111. The normalized spacial score (nSPS) is 22.6. The van der Waals surface area contributed by atoms with Crippen molar-refractivity contribution >= 4 is 23.2 Å². The molecule has 1 saturated carbocycles. The molecule has 2 nitrogen and oxygen atoms in total. The summed E-state index contributed by atoms with van der Waals surface area (Å²) in [6.45, 7) is 1.42. The third-order valence-corrected chi connectivity index (χ3v) is 5.95. The molecule has 114 valence electrons. The van der Waals surface area contributed by atoms with Crippen LogP contribution in [0.15, 0.2) is 42.5 Å². The monoisotopic (exact) mass is 332 g/mol. The van der Waals surface area contributed by atoms with Gasteiger partial charge in [0.15, 0.2) is 0 Å². The van der Waals surface area contributed by atoms with Gasteiger partial charge in [0, 0.05) is 24.7 Å². The smallest absolute Gasteiger partial charge is 0.0640 e. The SMILES string of the molecule is NCC1c2ccc(Cl)c(Cl)c2CN1C1(c2ccccc2)CC1. The van der Waals surface area contributed by atoms with Gasteiger partial charge in [0.2, 0.25) is 0 Å². The number of nitrogens with two attached hydrogens (primary N) is 1. The van der Waals surface area contributed by atoms with Gasteiger partial charge in [-0.05, 0) is 35.6 Å². The van der Waals surface area contributed by atoms with Crippen molar-refractivity contribution < 1.29 is 0 Å². The summed E-state index contributed by atoms with van der Waals surface area (Å²) in [5.41, 5.74) is 9.98. The molecule has 1 aliphatic carbocycles. The van der Waals surface area contributed by atoms with Gasteiger partial charge in [0.25, 0.3) is 0 Å². The van der Waals surface area contributed by atoms with E-state index in [2.05, 4.69) is 41.3 Å². The Morgan fingerprint density at radius 2 is 1.82 bits per heavy atom. The highest BCUT2D eigenvalue weighted by Crippen LogP contribution is 2.57. The summed E-state index contributed by atoms with van der Waals surface area (Å²) in [6, 6.07) is 14.9. The van der Waals surface area contributed by atoms with E-state index in [0.29, 0.717) is 16.6 Å². The third kappa shape index (κ3) is 2.02. The maximum absolute atomic E-state index is 6.44. The zero-order valence-electron chi connectivity index (χ0n) is 12.2. The molecule has 0 aromatic heterocycles. The topological polar surface area (TPSA) is 29.3 Å². The van der Waals surface area contributed by atoms with Crippen LogP contribution in [0, 0.1) is 0 Å². The lowest BCUT2D eigenvalue weighted by atomic mass is 10.0. The fraction of sp³-hybridized carbons (Fsp3) is 0.333. The lowest BCUT2D eigenvalue weighted by molar-refractivity contribution is 0.129. The molecule has 2 aromatic rings. The summed E-state index contributed by atoms with van der Waals surface area (Å²) in [5.74, 6) is 0. The van der Waals surface area contributed by atoms with Gasteiger partial charge >= 0.3 is 0 Å². The first-order chi connectivity index (χ1) is 10.7. The van der Waals surface area contributed by atoms with Crippen LogP contribution in [0.4, 0.5) is 0 Å². The van der Waals surface area contributed by atoms with E-state index in [9.17, 15) is 0 Å². The van der Waals surface area contributed by atoms with Crippen LogP contribution in [0.2, 0.25) is 10.0 Å². The molecular weight excluding hydrogens is 315 g/mol. The average molecular weight is 333 g/mol. The van der Waals surface area contributed by atoms with E-state index in [1.807, 2.05) is 6.07 Å². The Balaban J connectivity index is 1.77. The molecule has 1 unspecified atom stereocenters. The summed E-state index contributed by atoms with van der Waals surface area (Å²) in [5, 5.41) is 1.31. The molecule has 2 N–H and O–H groups in total. The van der Waals surface area contributed by atoms with Crippen molar-refractivity contribution in [1.82, 2.24) is 4.90 Å². The minimum Gasteiger partial charge on any atom is -0.329 e. The first kappa shape index (κ1) is 14.5.